The summed E-state index contributed by atoms with van der Waals surface area (Å²) in [5, 5.41) is 3.78. The SMILES string of the molecule is Cc1ccccc1CC(C)NC1CC(C)(C)OC1(C)C. The van der Waals surface area contributed by atoms with Crippen LogP contribution in [0, 0.1) is 6.92 Å². The Labute approximate surface area is 123 Å². The molecule has 0 aliphatic carbocycles. The van der Waals surface area contributed by atoms with Gasteiger partial charge in [-0.2, -0.15) is 0 Å². The molecule has 0 saturated carbocycles. The maximum absolute atomic E-state index is 6.16. The van der Waals surface area contributed by atoms with Gasteiger partial charge in [0.05, 0.1) is 11.2 Å². The first-order valence-electron chi connectivity index (χ1n) is 7.70. The highest BCUT2D eigenvalue weighted by Gasteiger charge is 2.45. The van der Waals surface area contributed by atoms with Crippen molar-refractivity contribution in [1.29, 1.82) is 0 Å². The number of rotatable bonds is 4. The first kappa shape index (κ1) is 15.5. The summed E-state index contributed by atoms with van der Waals surface area (Å²) in [6.45, 7) is 13.2. The van der Waals surface area contributed by atoms with Gasteiger partial charge in [0.25, 0.3) is 0 Å². The Morgan fingerprint density at radius 3 is 2.45 bits per heavy atom. The predicted molar refractivity (Wildman–Crippen MR) is 85.1 cm³/mol. The largest absolute Gasteiger partial charge is 0.368 e. The second kappa shape index (κ2) is 5.50. The van der Waals surface area contributed by atoms with E-state index in [4.69, 9.17) is 4.74 Å². The zero-order valence-electron chi connectivity index (χ0n) is 13.8. The second-order valence-corrected chi connectivity index (χ2v) is 7.42. The molecule has 0 spiro atoms. The molecule has 1 saturated heterocycles. The summed E-state index contributed by atoms with van der Waals surface area (Å²) in [4.78, 5) is 0. The van der Waals surface area contributed by atoms with Gasteiger partial charge in [0, 0.05) is 12.1 Å². The molecule has 2 rings (SSSR count). The molecule has 2 heteroatoms. The fourth-order valence-electron chi connectivity index (χ4n) is 3.39. The number of benzene rings is 1. The van der Waals surface area contributed by atoms with E-state index in [-0.39, 0.29) is 11.2 Å². The van der Waals surface area contributed by atoms with Crippen LogP contribution in [0.2, 0.25) is 0 Å². The Hall–Kier alpha value is -0.860. The van der Waals surface area contributed by atoms with E-state index in [1.54, 1.807) is 0 Å². The van der Waals surface area contributed by atoms with Crippen LogP contribution in [0.4, 0.5) is 0 Å². The third kappa shape index (κ3) is 3.62. The van der Waals surface area contributed by atoms with Crippen molar-refractivity contribution < 1.29 is 4.74 Å². The van der Waals surface area contributed by atoms with E-state index in [9.17, 15) is 0 Å². The summed E-state index contributed by atoms with van der Waals surface area (Å²) in [6, 6.07) is 9.52. The van der Waals surface area contributed by atoms with Crippen molar-refractivity contribution in [3.05, 3.63) is 35.4 Å². The minimum Gasteiger partial charge on any atom is -0.368 e. The van der Waals surface area contributed by atoms with E-state index in [0.29, 0.717) is 12.1 Å². The Morgan fingerprint density at radius 1 is 1.25 bits per heavy atom. The van der Waals surface area contributed by atoms with E-state index in [1.165, 1.54) is 11.1 Å². The molecule has 1 aromatic carbocycles. The van der Waals surface area contributed by atoms with Crippen molar-refractivity contribution in [2.45, 2.75) is 77.7 Å². The number of nitrogens with one attached hydrogen (secondary N) is 1. The van der Waals surface area contributed by atoms with Gasteiger partial charge in [0.2, 0.25) is 0 Å². The van der Waals surface area contributed by atoms with Crippen LogP contribution in [0.3, 0.4) is 0 Å². The summed E-state index contributed by atoms with van der Waals surface area (Å²) in [5.41, 5.74) is 2.69. The smallest absolute Gasteiger partial charge is 0.0787 e. The lowest BCUT2D eigenvalue weighted by Crippen LogP contribution is -2.47. The number of hydrogen-bond donors (Lipinski definition) is 1. The molecule has 0 radical (unpaired) electrons. The zero-order chi connectivity index (χ0) is 15.0. The van der Waals surface area contributed by atoms with Gasteiger partial charge in [-0.1, -0.05) is 24.3 Å². The lowest BCUT2D eigenvalue weighted by Gasteiger charge is -2.30. The van der Waals surface area contributed by atoms with Crippen molar-refractivity contribution in [3.63, 3.8) is 0 Å². The molecule has 20 heavy (non-hydrogen) atoms. The van der Waals surface area contributed by atoms with Gasteiger partial charge < -0.3 is 10.1 Å². The Kier molecular flexibility index (Phi) is 4.27. The van der Waals surface area contributed by atoms with Crippen LogP contribution in [-0.2, 0) is 11.2 Å². The minimum atomic E-state index is -0.0938. The molecule has 1 N–H and O–H groups in total. The van der Waals surface area contributed by atoms with E-state index in [2.05, 4.69) is 71.1 Å². The standard InChI is InChI=1S/C18H29NO/c1-13-9-7-8-10-15(13)11-14(2)19-16-12-17(3,4)20-18(16,5)6/h7-10,14,16,19H,11-12H2,1-6H3. The highest BCUT2D eigenvalue weighted by molar-refractivity contribution is 5.26. The fraction of sp³-hybridized carbons (Fsp3) is 0.667. The Bertz CT molecular complexity index is 464. The molecular formula is C18H29NO. The van der Waals surface area contributed by atoms with Gasteiger partial charge in [-0.3, -0.25) is 0 Å². The van der Waals surface area contributed by atoms with E-state index in [1.807, 2.05) is 0 Å². The number of aryl methyl sites for hydroxylation is 1. The number of hydrogen-bond acceptors (Lipinski definition) is 2. The van der Waals surface area contributed by atoms with Crippen LogP contribution >= 0.6 is 0 Å². The molecule has 0 aromatic heterocycles. The molecule has 2 nitrogen and oxygen atoms in total. The molecule has 1 aromatic rings. The van der Waals surface area contributed by atoms with Crippen LogP contribution in [0.5, 0.6) is 0 Å². The van der Waals surface area contributed by atoms with Gasteiger partial charge in [-0.25, -0.2) is 0 Å². The third-order valence-electron chi connectivity index (χ3n) is 4.35. The van der Waals surface area contributed by atoms with Crippen LogP contribution in [0.25, 0.3) is 0 Å². The minimum absolute atomic E-state index is 0.0243. The van der Waals surface area contributed by atoms with E-state index < -0.39 is 0 Å². The first-order chi connectivity index (χ1) is 9.20. The summed E-state index contributed by atoms with van der Waals surface area (Å²) in [6.07, 6.45) is 2.14. The molecular weight excluding hydrogens is 246 g/mol. The highest BCUT2D eigenvalue weighted by atomic mass is 16.5. The second-order valence-electron chi connectivity index (χ2n) is 7.42. The molecule has 1 aliphatic rings. The third-order valence-corrected chi connectivity index (χ3v) is 4.35. The van der Waals surface area contributed by atoms with Crippen LogP contribution < -0.4 is 5.32 Å². The number of ether oxygens (including phenoxy) is 1. The van der Waals surface area contributed by atoms with E-state index in [0.717, 1.165) is 12.8 Å². The molecule has 1 fully saturated rings. The maximum atomic E-state index is 6.16. The van der Waals surface area contributed by atoms with Crippen LogP contribution in [0.15, 0.2) is 24.3 Å². The van der Waals surface area contributed by atoms with Gasteiger partial charge >= 0.3 is 0 Å². The molecule has 0 bridgehead atoms. The maximum Gasteiger partial charge on any atom is 0.0787 e. The van der Waals surface area contributed by atoms with Gasteiger partial charge in [-0.05, 0) is 65.5 Å². The lowest BCUT2D eigenvalue weighted by molar-refractivity contribution is -0.0703. The van der Waals surface area contributed by atoms with Crippen molar-refractivity contribution >= 4 is 0 Å². The molecule has 2 atom stereocenters. The molecule has 1 heterocycles. The first-order valence-corrected chi connectivity index (χ1v) is 7.70. The summed E-state index contributed by atoms with van der Waals surface area (Å²) >= 11 is 0. The summed E-state index contributed by atoms with van der Waals surface area (Å²) in [5.74, 6) is 0. The van der Waals surface area contributed by atoms with Crippen LogP contribution in [0.1, 0.15) is 52.2 Å². The van der Waals surface area contributed by atoms with Gasteiger partial charge in [0.1, 0.15) is 0 Å². The van der Waals surface area contributed by atoms with Crippen LogP contribution in [-0.4, -0.2) is 23.3 Å². The zero-order valence-corrected chi connectivity index (χ0v) is 13.8. The average molecular weight is 275 g/mol. The lowest BCUT2D eigenvalue weighted by atomic mass is 9.93. The molecule has 2 unspecified atom stereocenters. The highest BCUT2D eigenvalue weighted by Crippen LogP contribution is 2.37. The topological polar surface area (TPSA) is 21.3 Å². The Morgan fingerprint density at radius 2 is 1.90 bits per heavy atom. The van der Waals surface area contributed by atoms with Crippen molar-refractivity contribution in [2.24, 2.45) is 0 Å². The molecule has 1 aliphatic heterocycles. The van der Waals surface area contributed by atoms with Crippen molar-refractivity contribution in [1.82, 2.24) is 5.32 Å². The summed E-state index contributed by atoms with van der Waals surface area (Å²) < 4.78 is 6.16. The molecule has 0 amide bonds. The Balaban J connectivity index is 1.98. The monoisotopic (exact) mass is 275 g/mol. The molecule has 112 valence electrons. The predicted octanol–water partition coefficient (Wildman–Crippen LogP) is 3.86. The fourth-order valence-corrected chi connectivity index (χ4v) is 3.39. The average Bonchev–Trinajstić information content (AvgIpc) is 2.50. The summed E-state index contributed by atoms with van der Waals surface area (Å²) in [7, 11) is 0. The van der Waals surface area contributed by atoms with E-state index >= 15 is 0 Å². The normalized spacial score (nSPS) is 25.6. The van der Waals surface area contributed by atoms with Gasteiger partial charge in [-0.15, -0.1) is 0 Å². The van der Waals surface area contributed by atoms with Crippen molar-refractivity contribution in [2.75, 3.05) is 0 Å². The van der Waals surface area contributed by atoms with Gasteiger partial charge in [0.15, 0.2) is 0 Å². The quantitative estimate of drug-likeness (QED) is 0.901. The van der Waals surface area contributed by atoms with Crippen molar-refractivity contribution in [3.8, 4) is 0 Å².